The number of hydrogen-bond acceptors (Lipinski definition) is 6. The van der Waals surface area contributed by atoms with Gasteiger partial charge in [-0.15, -0.1) is 11.8 Å². The van der Waals surface area contributed by atoms with E-state index < -0.39 is 0 Å². The number of ether oxygens (including phenoxy) is 1. The van der Waals surface area contributed by atoms with Gasteiger partial charge in [0.2, 0.25) is 0 Å². The van der Waals surface area contributed by atoms with Crippen molar-refractivity contribution in [2.75, 3.05) is 42.8 Å². The maximum absolute atomic E-state index is 5.37. The first-order chi connectivity index (χ1) is 10.3. The van der Waals surface area contributed by atoms with Crippen molar-refractivity contribution in [2.24, 2.45) is 0 Å². The monoisotopic (exact) mass is 302 g/mol. The number of nitrogens with zero attached hydrogens (tertiary/aromatic N) is 3. The fraction of sp³-hybridized carbons (Fsp3) is 0.333. The van der Waals surface area contributed by atoms with Crippen LogP contribution in [-0.4, -0.2) is 42.5 Å². The molecule has 110 valence electrons. The highest BCUT2D eigenvalue weighted by atomic mass is 32.2. The van der Waals surface area contributed by atoms with E-state index in [4.69, 9.17) is 4.74 Å². The number of benzene rings is 1. The summed E-state index contributed by atoms with van der Waals surface area (Å²) in [5.41, 5.74) is 1.03. The van der Waals surface area contributed by atoms with Crippen molar-refractivity contribution in [1.82, 2.24) is 9.97 Å². The first kappa shape index (κ1) is 14.2. The predicted molar refractivity (Wildman–Crippen MR) is 86.6 cm³/mol. The first-order valence-corrected chi connectivity index (χ1v) is 8.13. The number of nitrogens with one attached hydrogen (secondary N) is 1. The Balaban J connectivity index is 1.72. The Hall–Kier alpha value is -1.79. The zero-order chi connectivity index (χ0) is 14.5. The Bertz CT molecular complexity index is 584. The van der Waals surface area contributed by atoms with Crippen LogP contribution >= 0.6 is 11.8 Å². The van der Waals surface area contributed by atoms with E-state index in [1.807, 2.05) is 6.07 Å². The van der Waals surface area contributed by atoms with Crippen LogP contribution in [0.25, 0.3) is 0 Å². The summed E-state index contributed by atoms with van der Waals surface area (Å²) < 4.78 is 5.37. The Morgan fingerprint density at radius 3 is 2.62 bits per heavy atom. The molecule has 2 heterocycles. The third-order valence-corrected chi connectivity index (χ3v) is 4.09. The molecule has 1 fully saturated rings. The van der Waals surface area contributed by atoms with Crippen LogP contribution < -0.4 is 10.2 Å². The van der Waals surface area contributed by atoms with Gasteiger partial charge in [0.05, 0.1) is 13.2 Å². The van der Waals surface area contributed by atoms with Crippen molar-refractivity contribution in [3.8, 4) is 0 Å². The van der Waals surface area contributed by atoms with E-state index in [-0.39, 0.29) is 0 Å². The summed E-state index contributed by atoms with van der Waals surface area (Å²) in [5.74, 6) is 1.75. The van der Waals surface area contributed by atoms with E-state index in [9.17, 15) is 0 Å². The molecule has 0 saturated carbocycles. The standard InChI is InChI=1S/C15H18N4OS/c1-21-13-4-2-12(3-5-13)18-14-10-15(17-11-16-14)19-6-8-20-9-7-19/h2-5,10-11H,6-9H2,1H3,(H,16,17,18). The van der Waals surface area contributed by atoms with Crippen LogP contribution in [0.5, 0.6) is 0 Å². The van der Waals surface area contributed by atoms with Gasteiger partial charge in [-0.25, -0.2) is 9.97 Å². The van der Waals surface area contributed by atoms with Crippen molar-refractivity contribution < 1.29 is 4.74 Å². The minimum absolute atomic E-state index is 0.753. The van der Waals surface area contributed by atoms with E-state index in [0.29, 0.717) is 0 Å². The molecule has 1 aliphatic rings. The summed E-state index contributed by atoms with van der Waals surface area (Å²) in [4.78, 5) is 12.1. The van der Waals surface area contributed by atoms with Gasteiger partial charge in [-0.05, 0) is 30.5 Å². The lowest BCUT2D eigenvalue weighted by Crippen LogP contribution is -2.36. The zero-order valence-corrected chi connectivity index (χ0v) is 12.8. The van der Waals surface area contributed by atoms with E-state index >= 15 is 0 Å². The molecule has 0 amide bonds. The van der Waals surface area contributed by atoms with Crippen molar-refractivity contribution in [3.05, 3.63) is 36.7 Å². The van der Waals surface area contributed by atoms with Gasteiger partial charge in [-0.2, -0.15) is 0 Å². The second-order valence-corrected chi connectivity index (χ2v) is 5.59. The quantitative estimate of drug-likeness (QED) is 0.877. The van der Waals surface area contributed by atoms with Gasteiger partial charge < -0.3 is 15.0 Å². The maximum atomic E-state index is 5.37. The van der Waals surface area contributed by atoms with Crippen molar-refractivity contribution >= 4 is 29.1 Å². The van der Waals surface area contributed by atoms with Gasteiger partial charge in [0.25, 0.3) is 0 Å². The molecule has 0 radical (unpaired) electrons. The van der Waals surface area contributed by atoms with E-state index in [1.54, 1.807) is 18.1 Å². The van der Waals surface area contributed by atoms with Crippen LogP contribution in [0.2, 0.25) is 0 Å². The van der Waals surface area contributed by atoms with Crippen LogP contribution in [0.15, 0.2) is 41.6 Å². The Labute approximate surface area is 128 Å². The molecule has 0 unspecified atom stereocenters. The minimum atomic E-state index is 0.753. The van der Waals surface area contributed by atoms with Gasteiger partial charge in [-0.3, -0.25) is 0 Å². The molecule has 0 bridgehead atoms. The topological polar surface area (TPSA) is 50.3 Å². The molecule has 1 saturated heterocycles. The molecule has 6 heteroatoms. The molecular formula is C15H18N4OS. The molecule has 0 atom stereocenters. The number of aromatic nitrogens is 2. The van der Waals surface area contributed by atoms with Gasteiger partial charge in [-0.1, -0.05) is 0 Å². The Morgan fingerprint density at radius 2 is 1.90 bits per heavy atom. The molecule has 1 aliphatic heterocycles. The molecule has 5 nitrogen and oxygen atoms in total. The van der Waals surface area contributed by atoms with Crippen molar-refractivity contribution in [3.63, 3.8) is 0 Å². The SMILES string of the molecule is CSc1ccc(Nc2cc(N3CCOCC3)ncn2)cc1. The third-order valence-electron chi connectivity index (χ3n) is 3.35. The normalized spacial score (nSPS) is 15.0. The largest absolute Gasteiger partial charge is 0.378 e. The Kier molecular flexibility index (Phi) is 4.57. The first-order valence-electron chi connectivity index (χ1n) is 6.91. The van der Waals surface area contributed by atoms with Crippen LogP contribution in [-0.2, 0) is 4.74 Å². The summed E-state index contributed by atoms with van der Waals surface area (Å²) in [7, 11) is 0. The molecule has 0 spiro atoms. The van der Waals surface area contributed by atoms with Crippen LogP contribution in [0.4, 0.5) is 17.3 Å². The highest BCUT2D eigenvalue weighted by Crippen LogP contribution is 2.22. The van der Waals surface area contributed by atoms with E-state index in [1.165, 1.54) is 4.90 Å². The lowest BCUT2D eigenvalue weighted by Gasteiger charge is -2.27. The molecule has 0 aliphatic carbocycles. The molecule has 1 aromatic carbocycles. The highest BCUT2D eigenvalue weighted by molar-refractivity contribution is 7.98. The maximum Gasteiger partial charge on any atom is 0.135 e. The van der Waals surface area contributed by atoms with Gasteiger partial charge >= 0.3 is 0 Å². The number of anilines is 3. The second kappa shape index (κ2) is 6.78. The predicted octanol–water partition coefficient (Wildman–Crippen LogP) is 2.78. The molecule has 2 aromatic rings. The van der Waals surface area contributed by atoms with Crippen molar-refractivity contribution in [1.29, 1.82) is 0 Å². The third kappa shape index (κ3) is 3.65. The molecule has 21 heavy (non-hydrogen) atoms. The van der Waals surface area contributed by atoms with Crippen LogP contribution in [0.3, 0.4) is 0 Å². The average Bonchev–Trinajstić information content (AvgIpc) is 2.57. The van der Waals surface area contributed by atoms with Gasteiger partial charge in [0, 0.05) is 29.7 Å². The number of morpholine rings is 1. The van der Waals surface area contributed by atoms with E-state index in [2.05, 4.69) is 50.7 Å². The number of thioether (sulfide) groups is 1. The smallest absolute Gasteiger partial charge is 0.135 e. The molecule has 1 aromatic heterocycles. The molecule has 3 rings (SSSR count). The summed E-state index contributed by atoms with van der Waals surface area (Å²) in [6.07, 6.45) is 3.67. The van der Waals surface area contributed by atoms with Crippen molar-refractivity contribution in [2.45, 2.75) is 4.90 Å². The number of hydrogen-bond donors (Lipinski definition) is 1. The molecular weight excluding hydrogens is 284 g/mol. The lowest BCUT2D eigenvalue weighted by molar-refractivity contribution is 0.122. The lowest BCUT2D eigenvalue weighted by atomic mass is 10.3. The molecule has 1 N–H and O–H groups in total. The summed E-state index contributed by atoms with van der Waals surface area (Å²) >= 11 is 1.73. The second-order valence-electron chi connectivity index (χ2n) is 4.71. The summed E-state index contributed by atoms with van der Waals surface area (Å²) in [6, 6.07) is 10.3. The van der Waals surface area contributed by atoms with Crippen LogP contribution in [0, 0.1) is 0 Å². The summed E-state index contributed by atoms with van der Waals surface area (Å²) in [5, 5.41) is 3.32. The van der Waals surface area contributed by atoms with Gasteiger partial charge in [0.15, 0.2) is 0 Å². The zero-order valence-electron chi connectivity index (χ0n) is 12.0. The number of rotatable bonds is 4. The fourth-order valence-corrected chi connectivity index (χ4v) is 2.61. The average molecular weight is 302 g/mol. The highest BCUT2D eigenvalue weighted by Gasteiger charge is 2.12. The van der Waals surface area contributed by atoms with E-state index in [0.717, 1.165) is 43.6 Å². The van der Waals surface area contributed by atoms with Gasteiger partial charge in [0.1, 0.15) is 18.0 Å². The fourth-order valence-electron chi connectivity index (χ4n) is 2.20. The van der Waals surface area contributed by atoms with Crippen LogP contribution in [0.1, 0.15) is 0 Å². The summed E-state index contributed by atoms with van der Waals surface area (Å²) in [6.45, 7) is 3.25. The minimum Gasteiger partial charge on any atom is -0.378 e. The Morgan fingerprint density at radius 1 is 1.14 bits per heavy atom.